The Morgan fingerprint density at radius 3 is 2.92 bits per heavy atom. The minimum Gasteiger partial charge on any atom is -0.458 e. The van der Waals surface area contributed by atoms with Gasteiger partial charge in [0.05, 0.1) is 0 Å². The van der Waals surface area contributed by atoms with E-state index in [0.717, 1.165) is 12.8 Å². The highest BCUT2D eigenvalue weighted by Gasteiger charge is 2.26. The fourth-order valence-corrected chi connectivity index (χ4v) is 2.12. The standard InChI is InChI=1S/C11H16O2/c12-11-8-7-10(13-11)9-5-3-1-2-4-6-9/h5,10H,1-4,6-8H2. The third-order valence-corrected chi connectivity index (χ3v) is 2.87. The third-order valence-electron chi connectivity index (χ3n) is 2.87. The monoisotopic (exact) mass is 180 g/mol. The largest absolute Gasteiger partial charge is 0.458 e. The Hall–Kier alpha value is -0.790. The van der Waals surface area contributed by atoms with Crippen LogP contribution in [0, 0.1) is 0 Å². The molecule has 2 rings (SSSR count). The summed E-state index contributed by atoms with van der Waals surface area (Å²) in [5.41, 5.74) is 1.38. The average Bonchev–Trinajstić information content (AvgIpc) is 2.43. The number of ether oxygens (including phenoxy) is 1. The van der Waals surface area contributed by atoms with Gasteiger partial charge in [-0.2, -0.15) is 0 Å². The van der Waals surface area contributed by atoms with Crippen LogP contribution in [0.5, 0.6) is 0 Å². The smallest absolute Gasteiger partial charge is 0.306 e. The first-order valence-corrected chi connectivity index (χ1v) is 5.24. The summed E-state index contributed by atoms with van der Waals surface area (Å²) in [6.07, 6.45) is 10.1. The fraction of sp³-hybridized carbons (Fsp3) is 0.727. The average molecular weight is 180 g/mol. The number of carbonyl (C=O) groups excluding carboxylic acids is 1. The maximum Gasteiger partial charge on any atom is 0.306 e. The van der Waals surface area contributed by atoms with Gasteiger partial charge in [-0.25, -0.2) is 0 Å². The van der Waals surface area contributed by atoms with Crippen LogP contribution < -0.4 is 0 Å². The van der Waals surface area contributed by atoms with Crippen molar-refractivity contribution >= 4 is 5.97 Å². The normalized spacial score (nSPS) is 29.4. The molecule has 0 spiro atoms. The molecule has 0 aromatic heterocycles. The molecule has 1 atom stereocenters. The molecule has 2 heteroatoms. The Labute approximate surface area is 79.0 Å². The molecule has 1 aliphatic carbocycles. The highest BCUT2D eigenvalue weighted by Crippen LogP contribution is 2.27. The zero-order valence-corrected chi connectivity index (χ0v) is 7.92. The molecule has 2 aliphatic rings. The first-order valence-electron chi connectivity index (χ1n) is 5.24. The van der Waals surface area contributed by atoms with E-state index in [-0.39, 0.29) is 12.1 Å². The minimum atomic E-state index is -0.0184. The zero-order chi connectivity index (χ0) is 9.10. The van der Waals surface area contributed by atoms with Gasteiger partial charge in [-0.3, -0.25) is 4.79 Å². The highest BCUT2D eigenvalue weighted by atomic mass is 16.5. The van der Waals surface area contributed by atoms with Crippen LogP contribution in [-0.2, 0) is 9.53 Å². The maximum atomic E-state index is 10.9. The molecule has 72 valence electrons. The molecule has 0 aromatic rings. The van der Waals surface area contributed by atoms with E-state index in [4.69, 9.17) is 4.74 Å². The van der Waals surface area contributed by atoms with Gasteiger partial charge >= 0.3 is 5.97 Å². The first-order chi connectivity index (χ1) is 6.36. The van der Waals surface area contributed by atoms with E-state index in [9.17, 15) is 4.79 Å². The molecule has 1 aliphatic heterocycles. The molecule has 1 unspecified atom stereocenters. The SMILES string of the molecule is O=C1CCC(C2=CCCCCC2)O1. The van der Waals surface area contributed by atoms with Crippen LogP contribution in [0.15, 0.2) is 11.6 Å². The predicted molar refractivity (Wildman–Crippen MR) is 50.3 cm³/mol. The van der Waals surface area contributed by atoms with Crippen molar-refractivity contribution in [1.29, 1.82) is 0 Å². The molecule has 0 N–H and O–H groups in total. The number of cyclic esters (lactones) is 1. The molecule has 1 saturated heterocycles. The molecule has 1 fully saturated rings. The van der Waals surface area contributed by atoms with E-state index in [1.165, 1.54) is 31.3 Å². The third kappa shape index (κ3) is 2.11. The lowest BCUT2D eigenvalue weighted by Crippen LogP contribution is -2.10. The van der Waals surface area contributed by atoms with Gasteiger partial charge in [0.1, 0.15) is 6.10 Å². The second-order valence-corrected chi connectivity index (χ2v) is 3.90. The Balaban J connectivity index is 1.98. The Morgan fingerprint density at radius 2 is 2.15 bits per heavy atom. The first kappa shape index (κ1) is 8.79. The topological polar surface area (TPSA) is 26.3 Å². The summed E-state index contributed by atoms with van der Waals surface area (Å²) in [6, 6.07) is 0. The van der Waals surface area contributed by atoms with Crippen molar-refractivity contribution in [2.45, 2.75) is 51.0 Å². The lowest BCUT2D eigenvalue weighted by Gasteiger charge is -2.12. The van der Waals surface area contributed by atoms with Crippen LogP contribution in [0.25, 0.3) is 0 Å². The van der Waals surface area contributed by atoms with E-state index in [1.807, 2.05) is 0 Å². The Morgan fingerprint density at radius 1 is 1.23 bits per heavy atom. The van der Waals surface area contributed by atoms with E-state index in [2.05, 4.69) is 6.08 Å². The quantitative estimate of drug-likeness (QED) is 0.458. The Bertz CT molecular complexity index is 230. The summed E-state index contributed by atoms with van der Waals surface area (Å²) in [6.45, 7) is 0. The van der Waals surface area contributed by atoms with Gasteiger partial charge < -0.3 is 4.74 Å². The molecule has 13 heavy (non-hydrogen) atoms. The number of hydrogen-bond acceptors (Lipinski definition) is 2. The number of esters is 1. The van der Waals surface area contributed by atoms with E-state index >= 15 is 0 Å². The van der Waals surface area contributed by atoms with Crippen LogP contribution in [0.4, 0.5) is 0 Å². The number of rotatable bonds is 1. The molecule has 1 heterocycles. The predicted octanol–water partition coefficient (Wildman–Crippen LogP) is 2.58. The van der Waals surface area contributed by atoms with Gasteiger partial charge in [-0.1, -0.05) is 12.5 Å². The summed E-state index contributed by atoms with van der Waals surface area (Å²) in [7, 11) is 0. The summed E-state index contributed by atoms with van der Waals surface area (Å²) in [4.78, 5) is 10.9. The Kier molecular flexibility index (Phi) is 2.67. The molecule has 0 radical (unpaired) electrons. The van der Waals surface area contributed by atoms with Crippen molar-refractivity contribution < 1.29 is 9.53 Å². The van der Waals surface area contributed by atoms with Crippen LogP contribution in [0.1, 0.15) is 44.9 Å². The van der Waals surface area contributed by atoms with Crippen molar-refractivity contribution in [3.8, 4) is 0 Å². The van der Waals surface area contributed by atoms with Gasteiger partial charge in [0.15, 0.2) is 0 Å². The lowest BCUT2D eigenvalue weighted by molar-refractivity contribution is -0.140. The van der Waals surface area contributed by atoms with Gasteiger partial charge in [-0.15, -0.1) is 0 Å². The van der Waals surface area contributed by atoms with Gasteiger partial charge in [0.25, 0.3) is 0 Å². The molecule has 0 amide bonds. The van der Waals surface area contributed by atoms with Crippen LogP contribution in [0.3, 0.4) is 0 Å². The zero-order valence-electron chi connectivity index (χ0n) is 7.92. The molecule has 2 nitrogen and oxygen atoms in total. The molecular weight excluding hydrogens is 164 g/mol. The fourth-order valence-electron chi connectivity index (χ4n) is 2.12. The second-order valence-electron chi connectivity index (χ2n) is 3.90. The van der Waals surface area contributed by atoms with Crippen molar-refractivity contribution in [2.75, 3.05) is 0 Å². The van der Waals surface area contributed by atoms with Crippen LogP contribution >= 0.6 is 0 Å². The van der Waals surface area contributed by atoms with E-state index in [1.54, 1.807) is 0 Å². The number of allylic oxidation sites excluding steroid dienone is 1. The minimum absolute atomic E-state index is 0.0184. The summed E-state index contributed by atoms with van der Waals surface area (Å²) in [5.74, 6) is -0.0184. The van der Waals surface area contributed by atoms with Crippen molar-refractivity contribution in [3.63, 3.8) is 0 Å². The van der Waals surface area contributed by atoms with Crippen molar-refractivity contribution in [3.05, 3.63) is 11.6 Å². The van der Waals surface area contributed by atoms with Crippen molar-refractivity contribution in [1.82, 2.24) is 0 Å². The highest BCUT2D eigenvalue weighted by molar-refractivity contribution is 5.72. The summed E-state index contributed by atoms with van der Waals surface area (Å²) in [5, 5.41) is 0. The number of hydrogen-bond donors (Lipinski definition) is 0. The van der Waals surface area contributed by atoms with E-state index in [0.29, 0.717) is 6.42 Å². The number of carbonyl (C=O) groups is 1. The summed E-state index contributed by atoms with van der Waals surface area (Å²) >= 11 is 0. The maximum absolute atomic E-state index is 10.9. The second kappa shape index (κ2) is 3.95. The van der Waals surface area contributed by atoms with Crippen molar-refractivity contribution in [2.24, 2.45) is 0 Å². The van der Waals surface area contributed by atoms with Crippen LogP contribution in [0.2, 0.25) is 0 Å². The van der Waals surface area contributed by atoms with Gasteiger partial charge in [0, 0.05) is 6.42 Å². The molecule has 0 aromatic carbocycles. The molecular formula is C11H16O2. The molecule has 0 bridgehead atoms. The van der Waals surface area contributed by atoms with Crippen LogP contribution in [-0.4, -0.2) is 12.1 Å². The summed E-state index contributed by atoms with van der Waals surface area (Å²) < 4.78 is 5.25. The van der Waals surface area contributed by atoms with E-state index < -0.39 is 0 Å². The van der Waals surface area contributed by atoms with Gasteiger partial charge in [0.2, 0.25) is 0 Å². The van der Waals surface area contributed by atoms with Gasteiger partial charge in [-0.05, 0) is 37.7 Å². The molecule has 0 saturated carbocycles. The lowest BCUT2D eigenvalue weighted by atomic mass is 10.0.